The van der Waals surface area contributed by atoms with Crippen LogP contribution in [0.4, 0.5) is 11.4 Å². The summed E-state index contributed by atoms with van der Waals surface area (Å²) in [5.41, 5.74) is 2.81. The highest BCUT2D eigenvalue weighted by molar-refractivity contribution is 6.15. The summed E-state index contributed by atoms with van der Waals surface area (Å²) in [5.74, 6) is -1.52. The van der Waals surface area contributed by atoms with Crippen LogP contribution >= 0.6 is 0 Å². The van der Waals surface area contributed by atoms with Gasteiger partial charge in [-0.3, -0.25) is 9.59 Å². The van der Waals surface area contributed by atoms with Crippen LogP contribution in [0.2, 0.25) is 0 Å². The topological polar surface area (TPSA) is 84.5 Å². The van der Waals surface area contributed by atoms with Gasteiger partial charge >= 0.3 is 5.97 Å². The summed E-state index contributed by atoms with van der Waals surface area (Å²) in [6.07, 6.45) is 0. The number of hydrogen-bond acceptors (Lipinski definition) is 4. The van der Waals surface area contributed by atoms with Gasteiger partial charge in [0.1, 0.15) is 5.41 Å². The molecule has 0 aliphatic carbocycles. The van der Waals surface area contributed by atoms with Crippen molar-refractivity contribution in [3.05, 3.63) is 58.7 Å². The number of carbonyl (C=O) groups is 3. The van der Waals surface area contributed by atoms with E-state index >= 15 is 0 Å². The molecule has 0 spiro atoms. The fourth-order valence-corrected chi connectivity index (χ4v) is 2.91. The van der Waals surface area contributed by atoms with Gasteiger partial charge in [0.15, 0.2) is 0 Å². The number of para-hydroxylation sites is 1. The number of anilines is 2. The van der Waals surface area contributed by atoms with Crippen LogP contribution in [-0.2, 0) is 14.3 Å². The minimum Gasteiger partial charge on any atom is -0.465 e. The number of aryl methyl sites for hydroxylation is 3. The largest absolute Gasteiger partial charge is 0.465 e. The maximum absolute atomic E-state index is 12.9. The average Bonchev–Trinajstić information content (AvgIpc) is 2.64. The van der Waals surface area contributed by atoms with Gasteiger partial charge in [-0.2, -0.15) is 0 Å². The highest BCUT2D eigenvalue weighted by Crippen LogP contribution is 2.27. The van der Waals surface area contributed by atoms with Gasteiger partial charge in [0.2, 0.25) is 11.8 Å². The van der Waals surface area contributed by atoms with Crippen molar-refractivity contribution in [1.29, 1.82) is 0 Å². The molecule has 0 aliphatic rings. The predicted molar refractivity (Wildman–Crippen MR) is 109 cm³/mol. The van der Waals surface area contributed by atoms with Gasteiger partial charge in [0, 0.05) is 5.69 Å². The molecule has 0 fully saturated rings. The van der Waals surface area contributed by atoms with Crippen LogP contribution in [0.25, 0.3) is 0 Å². The van der Waals surface area contributed by atoms with Crippen molar-refractivity contribution in [2.75, 3.05) is 17.7 Å². The Morgan fingerprint density at radius 1 is 0.893 bits per heavy atom. The van der Waals surface area contributed by atoms with Gasteiger partial charge in [-0.15, -0.1) is 0 Å². The Morgan fingerprint density at radius 3 is 2.00 bits per heavy atom. The first-order valence-electron chi connectivity index (χ1n) is 8.96. The molecule has 0 aliphatic heterocycles. The summed E-state index contributed by atoms with van der Waals surface area (Å²) in [7, 11) is 1.27. The minimum absolute atomic E-state index is 0.222. The number of benzene rings is 2. The number of methoxy groups -OCH3 is 1. The molecule has 28 heavy (non-hydrogen) atoms. The van der Waals surface area contributed by atoms with Crippen molar-refractivity contribution in [3.8, 4) is 0 Å². The molecular formula is C22H26N2O4. The number of carbonyl (C=O) groups excluding carboxylic acids is 3. The molecule has 0 radical (unpaired) electrons. The molecule has 2 aromatic rings. The molecule has 0 saturated heterocycles. The second-order valence-electron chi connectivity index (χ2n) is 7.34. The summed E-state index contributed by atoms with van der Waals surface area (Å²) in [5, 5.41) is 5.54. The highest BCUT2D eigenvalue weighted by atomic mass is 16.5. The molecule has 2 amide bonds. The standard InChI is InChI=1S/C22H26N2O4/c1-13-11-14(2)18(15(3)12-13)24-21(27)22(4,5)20(26)23-17-10-8-7-9-16(17)19(25)28-6/h7-12H,1-6H3,(H,23,26)(H,24,27). The second-order valence-corrected chi connectivity index (χ2v) is 7.34. The van der Waals surface area contributed by atoms with Gasteiger partial charge in [0.25, 0.3) is 0 Å². The van der Waals surface area contributed by atoms with Crippen molar-refractivity contribution < 1.29 is 19.1 Å². The Labute approximate surface area is 165 Å². The quantitative estimate of drug-likeness (QED) is 0.605. The summed E-state index contributed by atoms with van der Waals surface area (Å²) >= 11 is 0. The van der Waals surface area contributed by atoms with Crippen LogP contribution in [0.3, 0.4) is 0 Å². The molecule has 6 heteroatoms. The van der Waals surface area contributed by atoms with Crippen molar-refractivity contribution >= 4 is 29.2 Å². The smallest absolute Gasteiger partial charge is 0.339 e. The van der Waals surface area contributed by atoms with Gasteiger partial charge in [-0.05, 0) is 57.9 Å². The molecule has 6 nitrogen and oxygen atoms in total. The van der Waals surface area contributed by atoms with Crippen LogP contribution in [-0.4, -0.2) is 24.9 Å². The Morgan fingerprint density at radius 2 is 1.43 bits per heavy atom. The summed E-state index contributed by atoms with van der Waals surface area (Å²) < 4.78 is 4.74. The van der Waals surface area contributed by atoms with Crippen LogP contribution in [0.15, 0.2) is 36.4 Å². The molecule has 0 unspecified atom stereocenters. The fourth-order valence-electron chi connectivity index (χ4n) is 2.91. The minimum atomic E-state index is -1.37. The summed E-state index contributed by atoms with van der Waals surface area (Å²) in [6, 6.07) is 10.4. The van der Waals surface area contributed by atoms with E-state index in [0.29, 0.717) is 11.4 Å². The maximum atomic E-state index is 12.9. The molecule has 2 rings (SSSR count). The molecule has 0 heterocycles. The number of esters is 1. The predicted octanol–water partition coefficient (Wildman–Crippen LogP) is 4.00. The number of amides is 2. The first kappa shape index (κ1) is 21.2. The fraction of sp³-hybridized carbons (Fsp3) is 0.318. The van der Waals surface area contributed by atoms with E-state index in [1.54, 1.807) is 24.3 Å². The summed E-state index contributed by atoms with van der Waals surface area (Å²) in [4.78, 5) is 37.6. The van der Waals surface area contributed by atoms with Crippen molar-refractivity contribution in [2.45, 2.75) is 34.6 Å². The van der Waals surface area contributed by atoms with E-state index in [0.717, 1.165) is 16.7 Å². The molecule has 2 aromatic carbocycles. The molecule has 0 bridgehead atoms. The number of ether oxygens (including phenoxy) is 1. The van der Waals surface area contributed by atoms with E-state index in [-0.39, 0.29) is 5.56 Å². The van der Waals surface area contributed by atoms with E-state index in [4.69, 9.17) is 4.74 Å². The Bertz CT molecular complexity index is 909. The average molecular weight is 382 g/mol. The highest BCUT2D eigenvalue weighted by Gasteiger charge is 2.37. The zero-order valence-electron chi connectivity index (χ0n) is 17.1. The number of hydrogen-bond donors (Lipinski definition) is 2. The molecular weight excluding hydrogens is 356 g/mol. The Kier molecular flexibility index (Phi) is 6.23. The van der Waals surface area contributed by atoms with E-state index in [2.05, 4.69) is 10.6 Å². The first-order chi connectivity index (χ1) is 13.1. The molecule has 2 N–H and O–H groups in total. The van der Waals surface area contributed by atoms with Crippen molar-refractivity contribution in [3.63, 3.8) is 0 Å². The second kappa shape index (κ2) is 8.25. The van der Waals surface area contributed by atoms with E-state index in [9.17, 15) is 14.4 Å². The number of rotatable bonds is 5. The van der Waals surface area contributed by atoms with E-state index in [1.165, 1.54) is 21.0 Å². The van der Waals surface area contributed by atoms with Gasteiger partial charge in [-0.25, -0.2) is 4.79 Å². The van der Waals surface area contributed by atoms with E-state index in [1.807, 2.05) is 32.9 Å². The molecule has 0 aromatic heterocycles. The van der Waals surface area contributed by atoms with Gasteiger partial charge < -0.3 is 15.4 Å². The third kappa shape index (κ3) is 4.39. The lowest BCUT2D eigenvalue weighted by atomic mass is 9.90. The lowest BCUT2D eigenvalue weighted by Crippen LogP contribution is -2.42. The number of nitrogens with one attached hydrogen (secondary N) is 2. The molecule has 148 valence electrons. The third-order valence-corrected chi connectivity index (χ3v) is 4.63. The SMILES string of the molecule is COC(=O)c1ccccc1NC(=O)C(C)(C)C(=O)Nc1c(C)cc(C)cc1C. The molecule has 0 atom stereocenters. The monoisotopic (exact) mass is 382 g/mol. The molecule has 0 saturated carbocycles. The van der Waals surface area contributed by atoms with Crippen LogP contribution in [0, 0.1) is 26.2 Å². The van der Waals surface area contributed by atoms with Crippen molar-refractivity contribution in [1.82, 2.24) is 0 Å². The lowest BCUT2D eigenvalue weighted by Gasteiger charge is -2.24. The zero-order chi connectivity index (χ0) is 21.1. The van der Waals surface area contributed by atoms with Crippen LogP contribution in [0.5, 0.6) is 0 Å². The van der Waals surface area contributed by atoms with Gasteiger partial charge in [-0.1, -0.05) is 29.8 Å². The lowest BCUT2D eigenvalue weighted by molar-refractivity contribution is -0.135. The maximum Gasteiger partial charge on any atom is 0.339 e. The van der Waals surface area contributed by atoms with Crippen LogP contribution in [0.1, 0.15) is 40.9 Å². The summed E-state index contributed by atoms with van der Waals surface area (Å²) in [6.45, 7) is 8.89. The van der Waals surface area contributed by atoms with Gasteiger partial charge in [0.05, 0.1) is 18.4 Å². The first-order valence-corrected chi connectivity index (χ1v) is 8.96. The normalized spacial score (nSPS) is 10.9. The van der Waals surface area contributed by atoms with Crippen LogP contribution < -0.4 is 10.6 Å². The Balaban J connectivity index is 2.24. The van der Waals surface area contributed by atoms with Crippen molar-refractivity contribution in [2.24, 2.45) is 5.41 Å². The zero-order valence-corrected chi connectivity index (χ0v) is 17.1. The third-order valence-electron chi connectivity index (χ3n) is 4.63. The van der Waals surface area contributed by atoms with E-state index < -0.39 is 23.2 Å². The Hall–Kier alpha value is -3.15.